The fourth-order valence-electron chi connectivity index (χ4n) is 5.35. The molecular weight excluding hydrogens is 449 g/mol. The first kappa shape index (κ1) is 21.5. The summed E-state index contributed by atoms with van der Waals surface area (Å²) in [5.41, 5.74) is 5.25. The smallest absolute Gasteiger partial charge is 0.231 e. The Bertz CT molecular complexity index is 1360. The molecule has 3 aromatic rings. The molecule has 0 aromatic heterocycles. The van der Waals surface area contributed by atoms with E-state index in [4.69, 9.17) is 18.9 Å². The molecule has 1 aliphatic carbocycles. The lowest BCUT2D eigenvalue weighted by molar-refractivity contribution is -0.116. The number of Topliss-reactive ketones (excluding diaryl/α,β-unsaturated/α-hetero) is 1. The number of carbonyl (C=O) groups excluding carboxylic acids is 1. The molecule has 2 aliphatic heterocycles. The van der Waals surface area contributed by atoms with Gasteiger partial charge in [-0.1, -0.05) is 18.2 Å². The summed E-state index contributed by atoms with van der Waals surface area (Å²) in [6, 6.07) is 16.0. The Morgan fingerprint density at radius 2 is 1.60 bits per heavy atom. The molecule has 35 heavy (non-hydrogen) atoms. The molecule has 1 N–H and O–H groups in total. The van der Waals surface area contributed by atoms with Crippen LogP contribution in [0, 0.1) is 5.82 Å². The van der Waals surface area contributed by atoms with Crippen molar-refractivity contribution in [3.8, 4) is 23.0 Å². The molecule has 178 valence electrons. The molecule has 0 amide bonds. The van der Waals surface area contributed by atoms with E-state index in [2.05, 4.69) is 5.32 Å². The van der Waals surface area contributed by atoms with Crippen molar-refractivity contribution in [1.29, 1.82) is 0 Å². The molecule has 0 fully saturated rings. The minimum Gasteiger partial charge on any atom is -0.493 e. The predicted molar refractivity (Wildman–Crippen MR) is 128 cm³/mol. The average molecular weight is 474 g/mol. The Hall–Kier alpha value is -4.00. The number of fused-ring (bicyclic) bond motifs is 2. The second kappa shape index (κ2) is 8.34. The van der Waals surface area contributed by atoms with Crippen LogP contribution in [0.25, 0.3) is 0 Å². The van der Waals surface area contributed by atoms with E-state index in [1.54, 1.807) is 26.4 Å². The van der Waals surface area contributed by atoms with Crippen molar-refractivity contribution < 1.29 is 28.1 Å². The maximum absolute atomic E-state index is 13.7. The van der Waals surface area contributed by atoms with Gasteiger partial charge in [-0.05, 0) is 59.4 Å². The van der Waals surface area contributed by atoms with Crippen LogP contribution in [0.1, 0.15) is 41.4 Å². The number of ketones is 1. The van der Waals surface area contributed by atoms with Crippen LogP contribution in [-0.4, -0.2) is 26.8 Å². The number of halogens is 1. The summed E-state index contributed by atoms with van der Waals surface area (Å²) in [6.45, 7) is 0.160. The summed E-state index contributed by atoms with van der Waals surface area (Å²) in [5.74, 6) is 2.01. The standard InChI is InChI=1S/C28H24FNO5/c1-32-23-8-5-16(11-24(23)33-2)17-9-21-28(22(31)10-17)27(15-3-6-18(29)7-4-15)19-12-25-26(35-14-34-25)13-20(19)30-21/h3-8,11-13,17,27,30H,9-10,14H2,1-2H3/t17-,27-/m0/s1. The summed E-state index contributed by atoms with van der Waals surface area (Å²) in [6.07, 6.45) is 1.02. The van der Waals surface area contributed by atoms with Gasteiger partial charge in [0.05, 0.1) is 14.2 Å². The number of benzene rings is 3. The predicted octanol–water partition coefficient (Wildman–Crippen LogP) is 5.53. The lowest BCUT2D eigenvalue weighted by atomic mass is 9.72. The third kappa shape index (κ3) is 3.58. The molecule has 0 spiro atoms. The first-order valence-corrected chi connectivity index (χ1v) is 11.5. The van der Waals surface area contributed by atoms with E-state index in [0.29, 0.717) is 35.8 Å². The van der Waals surface area contributed by atoms with E-state index >= 15 is 0 Å². The minimum atomic E-state index is -0.324. The van der Waals surface area contributed by atoms with E-state index in [1.165, 1.54) is 12.1 Å². The Morgan fingerprint density at radius 1 is 0.886 bits per heavy atom. The maximum Gasteiger partial charge on any atom is 0.231 e. The second-order valence-corrected chi connectivity index (χ2v) is 8.94. The van der Waals surface area contributed by atoms with Gasteiger partial charge in [-0.15, -0.1) is 0 Å². The molecule has 3 aliphatic rings. The van der Waals surface area contributed by atoms with Crippen LogP contribution < -0.4 is 24.3 Å². The third-order valence-corrected chi connectivity index (χ3v) is 7.02. The third-order valence-electron chi connectivity index (χ3n) is 7.02. The maximum atomic E-state index is 13.7. The normalized spacial score (nSPS) is 20.1. The fraction of sp³-hybridized carbons (Fsp3) is 0.250. The Labute approximate surface area is 202 Å². The first-order valence-electron chi connectivity index (χ1n) is 11.5. The van der Waals surface area contributed by atoms with Gasteiger partial charge in [-0.2, -0.15) is 0 Å². The van der Waals surface area contributed by atoms with Crippen molar-refractivity contribution in [2.45, 2.75) is 24.7 Å². The van der Waals surface area contributed by atoms with Gasteiger partial charge in [0.25, 0.3) is 0 Å². The number of hydrogen-bond acceptors (Lipinski definition) is 6. The molecule has 3 aromatic carbocycles. The molecule has 0 saturated heterocycles. The van der Waals surface area contributed by atoms with Crippen LogP contribution in [0.3, 0.4) is 0 Å². The quantitative estimate of drug-likeness (QED) is 0.538. The van der Waals surface area contributed by atoms with Gasteiger partial charge >= 0.3 is 0 Å². The van der Waals surface area contributed by atoms with Crippen molar-refractivity contribution in [3.05, 3.63) is 88.4 Å². The molecule has 6 rings (SSSR count). The van der Waals surface area contributed by atoms with Crippen molar-refractivity contribution in [2.75, 3.05) is 26.3 Å². The molecular formula is C28H24FNO5. The summed E-state index contributed by atoms with van der Waals surface area (Å²) in [5, 5.41) is 3.51. The topological polar surface area (TPSA) is 66.0 Å². The van der Waals surface area contributed by atoms with Crippen LogP contribution in [0.5, 0.6) is 23.0 Å². The second-order valence-electron chi connectivity index (χ2n) is 8.94. The zero-order valence-corrected chi connectivity index (χ0v) is 19.4. The Kier molecular flexibility index (Phi) is 5.13. The highest BCUT2D eigenvalue weighted by atomic mass is 19.1. The largest absolute Gasteiger partial charge is 0.493 e. The van der Waals surface area contributed by atoms with Gasteiger partial charge in [0.2, 0.25) is 6.79 Å². The zero-order chi connectivity index (χ0) is 24.1. The average Bonchev–Trinajstić information content (AvgIpc) is 3.33. The number of ether oxygens (including phenoxy) is 4. The lowest BCUT2D eigenvalue weighted by Gasteiger charge is -2.37. The molecule has 2 atom stereocenters. The van der Waals surface area contributed by atoms with Gasteiger partial charge in [0.15, 0.2) is 28.8 Å². The van der Waals surface area contributed by atoms with Crippen molar-refractivity contribution >= 4 is 11.5 Å². The number of nitrogens with one attached hydrogen (secondary N) is 1. The van der Waals surface area contributed by atoms with E-state index in [1.807, 2.05) is 30.3 Å². The van der Waals surface area contributed by atoms with E-state index < -0.39 is 0 Å². The molecule has 0 unspecified atom stereocenters. The van der Waals surface area contributed by atoms with Gasteiger partial charge in [0.1, 0.15) is 5.82 Å². The Morgan fingerprint density at radius 3 is 2.34 bits per heavy atom. The fourth-order valence-corrected chi connectivity index (χ4v) is 5.35. The van der Waals surface area contributed by atoms with Crippen molar-refractivity contribution in [3.63, 3.8) is 0 Å². The van der Waals surface area contributed by atoms with Gasteiger partial charge in [-0.3, -0.25) is 4.79 Å². The number of allylic oxidation sites excluding steroid dienone is 2. The van der Waals surface area contributed by atoms with Crippen LogP contribution in [0.15, 0.2) is 65.9 Å². The van der Waals surface area contributed by atoms with Gasteiger partial charge < -0.3 is 24.3 Å². The highest BCUT2D eigenvalue weighted by Crippen LogP contribution is 2.51. The molecule has 0 radical (unpaired) electrons. The number of anilines is 1. The first-order chi connectivity index (χ1) is 17.1. The number of rotatable bonds is 4. The number of carbonyl (C=O) groups is 1. The van der Waals surface area contributed by atoms with Crippen LogP contribution in [0.2, 0.25) is 0 Å². The highest BCUT2D eigenvalue weighted by Gasteiger charge is 2.39. The summed E-state index contributed by atoms with van der Waals surface area (Å²) in [7, 11) is 3.20. The monoisotopic (exact) mass is 473 g/mol. The summed E-state index contributed by atoms with van der Waals surface area (Å²) >= 11 is 0. The van der Waals surface area contributed by atoms with Crippen LogP contribution in [-0.2, 0) is 4.79 Å². The van der Waals surface area contributed by atoms with Gasteiger partial charge in [-0.25, -0.2) is 4.39 Å². The highest BCUT2D eigenvalue weighted by molar-refractivity contribution is 6.02. The van der Waals surface area contributed by atoms with E-state index in [9.17, 15) is 9.18 Å². The van der Waals surface area contributed by atoms with Crippen molar-refractivity contribution in [2.24, 2.45) is 0 Å². The molecule has 6 nitrogen and oxygen atoms in total. The SMILES string of the molecule is COc1ccc([C@@H]2CC(=O)C3=C(C2)Nc2cc4c(cc2[C@@H]3c2ccc(F)cc2)OCO4)cc1OC. The molecule has 0 saturated carbocycles. The molecule has 2 heterocycles. The molecule has 7 heteroatoms. The zero-order valence-electron chi connectivity index (χ0n) is 19.4. The number of methoxy groups -OCH3 is 2. The molecule has 0 bridgehead atoms. The minimum absolute atomic E-state index is 0.0158. The van der Waals surface area contributed by atoms with Crippen LogP contribution >= 0.6 is 0 Å². The Balaban J connectivity index is 1.44. The van der Waals surface area contributed by atoms with Crippen molar-refractivity contribution in [1.82, 2.24) is 0 Å². The van der Waals surface area contributed by atoms with E-state index in [-0.39, 0.29) is 30.2 Å². The van der Waals surface area contributed by atoms with Gasteiger partial charge in [0, 0.05) is 35.4 Å². The summed E-state index contributed by atoms with van der Waals surface area (Å²) < 4.78 is 35.8. The van der Waals surface area contributed by atoms with Crippen LogP contribution in [0.4, 0.5) is 10.1 Å². The number of hydrogen-bond donors (Lipinski definition) is 1. The summed E-state index contributed by atoms with van der Waals surface area (Å²) in [4.78, 5) is 13.7. The van der Waals surface area contributed by atoms with E-state index in [0.717, 1.165) is 33.6 Å². The lowest BCUT2D eigenvalue weighted by Crippen LogP contribution is -2.29.